The van der Waals surface area contributed by atoms with Gasteiger partial charge in [0.25, 0.3) is 0 Å². The Balaban J connectivity index is 1.64. The third-order valence-electron chi connectivity index (χ3n) is 5.48. The van der Waals surface area contributed by atoms with Crippen LogP contribution in [-0.2, 0) is 20.2 Å². The highest BCUT2D eigenvalue weighted by atomic mass is 32.2. The molecule has 1 aliphatic rings. The van der Waals surface area contributed by atoms with Crippen LogP contribution in [0.5, 0.6) is 0 Å². The second kappa shape index (κ2) is 8.63. The Labute approximate surface area is 180 Å². The molecule has 9 heteroatoms. The number of anilines is 1. The molecule has 0 saturated carbocycles. The highest BCUT2D eigenvalue weighted by Crippen LogP contribution is 2.28. The van der Waals surface area contributed by atoms with Gasteiger partial charge in [-0.25, -0.2) is 21.6 Å². The molecule has 0 bridgehead atoms. The summed E-state index contributed by atoms with van der Waals surface area (Å²) in [5.74, 6) is -5.59. The van der Waals surface area contributed by atoms with Gasteiger partial charge in [0.15, 0.2) is 17.5 Å². The summed E-state index contributed by atoms with van der Waals surface area (Å²) >= 11 is 0. The molecule has 1 N–H and O–H groups in total. The standard InChI is InChI=1S/C22H25F3N2O3S/c1-22(2,3)15-4-6-16(7-5-15)31(29,30)27-12-10-14(11-13-27)21(28)26-18-9-8-17(23)19(24)20(18)25/h4-9,14H,10-13H2,1-3H3,(H,26,28). The highest BCUT2D eigenvalue weighted by molar-refractivity contribution is 7.89. The predicted molar refractivity (Wildman–Crippen MR) is 112 cm³/mol. The van der Waals surface area contributed by atoms with Crippen molar-refractivity contribution in [2.24, 2.45) is 5.92 Å². The van der Waals surface area contributed by atoms with Crippen molar-refractivity contribution in [1.29, 1.82) is 0 Å². The van der Waals surface area contributed by atoms with Crippen molar-refractivity contribution in [3.8, 4) is 0 Å². The lowest BCUT2D eigenvalue weighted by Gasteiger charge is -2.30. The van der Waals surface area contributed by atoms with Gasteiger partial charge in [0.05, 0.1) is 10.6 Å². The normalized spacial score (nSPS) is 16.3. The van der Waals surface area contributed by atoms with Crippen LogP contribution in [0.15, 0.2) is 41.3 Å². The highest BCUT2D eigenvalue weighted by Gasteiger charge is 2.32. The lowest BCUT2D eigenvalue weighted by molar-refractivity contribution is -0.120. The zero-order valence-corrected chi connectivity index (χ0v) is 18.4. The summed E-state index contributed by atoms with van der Waals surface area (Å²) in [4.78, 5) is 12.6. The molecule has 0 radical (unpaired) electrons. The van der Waals surface area contributed by atoms with E-state index in [1.807, 2.05) is 20.8 Å². The Morgan fingerprint density at radius 1 is 0.968 bits per heavy atom. The first-order chi connectivity index (χ1) is 14.4. The summed E-state index contributed by atoms with van der Waals surface area (Å²) in [6.45, 7) is 6.37. The van der Waals surface area contributed by atoms with Gasteiger partial charge in [-0.1, -0.05) is 32.9 Å². The number of nitrogens with zero attached hydrogens (tertiary/aromatic N) is 1. The molecule has 0 unspecified atom stereocenters. The molecule has 0 aromatic heterocycles. The Morgan fingerprint density at radius 3 is 2.10 bits per heavy atom. The van der Waals surface area contributed by atoms with Crippen molar-refractivity contribution in [2.75, 3.05) is 18.4 Å². The number of rotatable bonds is 4. The molecular formula is C22H25F3N2O3S. The quantitative estimate of drug-likeness (QED) is 0.695. The predicted octanol–water partition coefficient (Wildman–Crippen LogP) is 4.44. The van der Waals surface area contributed by atoms with Crippen LogP contribution in [0.4, 0.5) is 18.9 Å². The smallest absolute Gasteiger partial charge is 0.243 e. The lowest BCUT2D eigenvalue weighted by atomic mass is 9.87. The molecule has 31 heavy (non-hydrogen) atoms. The maximum Gasteiger partial charge on any atom is 0.243 e. The molecule has 1 amide bonds. The second-order valence-corrected chi connectivity index (χ2v) is 10.6. The minimum atomic E-state index is -3.70. The number of piperidine rings is 1. The maximum absolute atomic E-state index is 13.8. The lowest BCUT2D eigenvalue weighted by Crippen LogP contribution is -2.41. The zero-order valence-electron chi connectivity index (χ0n) is 17.6. The van der Waals surface area contributed by atoms with Crippen molar-refractivity contribution >= 4 is 21.6 Å². The number of hydrogen-bond donors (Lipinski definition) is 1. The molecule has 2 aromatic carbocycles. The van der Waals surface area contributed by atoms with Crippen LogP contribution in [0.2, 0.25) is 0 Å². The average Bonchev–Trinajstić information content (AvgIpc) is 2.73. The number of nitrogens with one attached hydrogen (secondary N) is 1. The van der Waals surface area contributed by atoms with Gasteiger partial charge in [0.2, 0.25) is 15.9 Å². The summed E-state index contributed by atoms with van der Waals surface area (Å²) in [5, 5.41) is 2.26. The molecule has 1 aliphatic heterocycles. The zero-order chi connectivity index (χ0) is 23.0. The van der Waals surface area contributed by atoms with Crippen molar-refractivity contribution < 1.29 is 26.4 Å². The number of amides is 1. The molecule has 1 fully saturated rings. The van der Waals surface area contributed by atoms with Crippen molar-refractivity contribution in [1.82, 2.24) is 4.31 Å². The van der Waals surface area contributed by atoms with Gasteiger partial charge < -0.3 is 5.32 Å². The molecular weight excluding hydrogens is 429 g/mol. The fourth-order valence-electron chi connectivity index (χ4n) is 3.49. The molecule has 0 atom stereocenters. The van der Waals surface area contributed by atoms with E-state index in [0.29, 0.717) is 0 Å². The number of halogens is 3. The third kappa shape index (κ3) is 4.93. The Bertz CT molecular complexity index is 1070. The molecule has 0 spiro atoms. The molecule has 0 aliphatic carbocycles. The largest absolute Gasteiger partial charge is 0.323 e. The molecule has 1 heterocycles. The van der Waals surface area contributed by atoms with E-state index in [4.69, 9.17) is 0 Å². The number of carbonyl (C=O) groups excluding carboxylic acids is 1. The van der Waals surface area contributed by atoms with E-state index in [1.165, 1.54) is 4.31 Å². The minimum absolute atomic E-state index is 0.0963. The van der Waals surface area contributed by atoms with E-state index in [0.717, 1.165) is 17.7 Å². The van der Waals surface area contributed by atoms with Gasteiger partial charge in [-0.05, 0) is 48.1 Å². The fourth-order valence-corrected chi connectivity index (χ4v) is 4.96. The van der Waals surface area contributed by atoms with E-state index in [9.17, 15) is 26.4 Å². The first-order valence-corrected chi connectivity index (χ1v) is 11.4. The number of sulfonamides is 1. The van der Waals surface area contributed by atoms with Gasteiger partial charge in [-0.3, -0.25) is 4.79 Å². The molecule has 3 rings (SSSR count). The molecule has 5 nitrogen and oxygen atoms in total. The third-order valence-corrected chi connectivity index (χ3v) is 7.39. The number of hydrogen-bond acceptors (Lipinski definition) is 3. The van der Waals surface area contributed by atoms with Crippen LogP contribution >= 0.6 is 0 Å². The van der Waals surface area contributed by atoms with Gasteiger partial charge >= 0.3 is 0 Å². The first kappa shape index (κ1) is 23.3. The Morgan fingerprint density at radius 2 is 1.55 bits per heavy atom. The van der Waals surface area contributed by atoms with Crippen molar-refractivity contribution in [2.45, 2.75) is 43.9 Å². The molecule has 1 saturated heterocycles. The van der Waals surface area contributed by atoms with E-state index in [2.05, 4.69) is 5.32 Å². The van der Waals surface area contributed by atoms with E-state index in [1.54, 1.807) is 24.3 Å². The van der Waals surface area contributed by atoms with Crippen LogP contribution in [0, 0.1) is 23.4 Å². The van der Waals surface area contributed by atoms with Crippen LogP contribution in [0.25, 0.3) is 0 Å². The summed E-state index contributed by atoms with van der Waals surface area (Å²) in [7, 11) is -3.70. The Hall–Kier alpha value is -2.39. The fraction of sp³-hybridized carbons (Fsp3) is 0.409. The summed E-state index contributed by atoms with van der Waals surface area (Å²) in [5.41, 5.74) is 0.477. The van der Waals surface area contributed by atoms with Crippen LogP contribution < -0.4 is 5.32 Å². The number of benzene rings is 2. The Kier molecular flexibility index (Phi) is 6.48. The average molecular weight is 455 g/mol. The van der Waals surface area contributed by atoms with Crippen LogP contribution in [0.1, 0.15) is 39.2 Å². The minimum Gasteiger partial charge on any atom is -0.323 e. The number of carbonyl (C=O) groups is 1. The first-order valence-electron chi connectivity index (χ1n) is 9.96. The summed E-state index contributed by atoms with van der Waals surface area (Å²) in [6, 6.07) is 8.44. The van der Waals surface area contributed by atoms with E-state index >= 15 is 0 Å². The summed E-state index contributed by atoms with van der Waals surface area (Å²) < 4.78 is 67.3. The monoisotopic (exact) mass is 454 g/mol. The molecule has 2 aromatic rings. The van der Waals surface area contributed by atoms with Gasteiger partial charge in [-0.15, -0.1) is 0 Å². The molecule has 168 valence electrons. The van der Waals surface area contributed by atoms with Crippen molar-refractivity contribution in [3.63, 3.8) is 0 Å². The maximum atomic E-state index is 13.8. The van der Waals surface area contributed by atoms with Crippen LogP contribution in [-0.4, -0.2) is 31.7 Å². The SMILES string of the molecule is CC(C)(C)c1ccc(S(=O)(=O)N2CCC(C(=O)Nc3ccc(F)c(F)c3F)CC2)cc1. The van der Waals surface area contributed by atoms with E-state index < -0.39 is 45.0 Å². The van der Waals surface area contributed by atoms with Gasteiger partial charge in [0.1, 0.15) is 0 Å². The summed E-state index contributed by atoms with van der Waals surface area (Å²) in [6.07, 6.45) is 0.465. The topological polar surface area (TPSA) is 66.5 Å². The van der Waals surface area contributed by atoms with Crippen LogP contribution in [0.3, 0.4) is 0 Å². The van der Waals surface area contributed by atoms with E-state index in [-0.39, 0.29) is 36.2 Å². The van der Waals surface area contributed by atoms with Crippen molar-refractivity contribution in [3.05, 3.63) is 59.4 Å². The van der Waals surface area contributed by atoms with Gasteiger partial charge in [-0.2, -0.15) is 4.31 Å². The van der Waals surface area contributed by atoms with Gasteiger partial charge in [0, 0.05) is 19.0 Å². The second-order valence-electron chi connectivity index (χ2n) is 8.66.